The Kier molecular flexibility index (Phi) is 4.06. The minimum absolute atomic E-state index is 0.108. The van der Waals surface area contributed by atoms with E-state index in [1.165, 1.54) is 17.0 Å². The van der Waals surface area contributed by atoms with Gasteiger partial charge in [0.25, 0.3) is 5.91 Å². The van der Waals surface area contributed by atoms with Gasteiger partial charge in [-0.25, -0.2) is 4.39 Å². The zero-order chi connectivity index (χ0) is 20.1. The number of nitrogens with one attached hydrogen (secondary N) is 2. The summed E-state index contributed by atoms with van der Waals surface area (Å²) >= 11 is 0. The first kappa shape index (κ1) is 18.0. The predicted molar refractivity (Wildman–Crippen MR) is 101 cm³/mol. The number of halogens is 1. The summed E-state index contributed by atoms with van der Waals surface area (Å²) in [5.74, 6) is -1.17. The molecule has 2 aliphatic heterocycles. The number of rotatable bonds is 3. The van der Waals surface area contributed by atoms with Gasteiger partial charge in [-0.15, -0.1) is 0 Å². The van der Waals surface area contributed by atoms with Crippen LogP contribution in [0.1, 0.15) is 19.4 Å². The Bertz CT molecular complexity index is 1020. The number of benzene rings is 2. The first-order valence-corrected chi connectivity index (χ1v) is 8.74. The smallest absolute Gasteiger partial charge is 0.265 e. The monoisotopic (exact) mass is 383 g/mol. The highest BCUT2D eigenvalue weighted by molar-refractivity contribution is 6.07. The van der Waals surface area contributed by atoms with E-state index in [1.54, 1.807) is 32.0 Å². The molecule has 0 bridgehead atoms. The third kappa shape index (κ3) is 2.96. The van der Waals surface area contributed by atoms with Crippen LogP contribution in [0.25, 0.3) is 0 Å². The van der Waals surface area contributed by atoms with Gasteiger partial charge in [0, 0.05) is 17.4 Å². The Morgan fingerprint density at radius 3 is 2.82 bits per heavy atom. The van der Waals surface area contributed by atoms with Crippen LogP contribution in [-0.4, -0.2) is 30.9 Å². The first-order valence-electron chi connectivity index (χ1n) is 8.74. The lowest BCUT2D eigenvalue weighted by Gasteiger charge is -2.28. The maximum atomic E-state index is 13.6. The summed E-state index contributed by atoms with van der Waals surface area (Å²) in [4.78, 5) is 37.9. The molecule has 0 aliphatic carbocycles. The Labute approximate surface area is 160 Å². The van der Waals surface area contributed by atoms with E-state index in [0.29, 0.717) is 17.1 Å². The van der Waals surface area contributed by atoms with Crippen molar-refractivity contribution < 1.29 is 23.5 Å². The molecule has 2 N–H and O–H groups in total. The summed E-state index contributed by atoms with van der Waals surface area (Å²) in [6.07, 6.45) is 0. The van der Waals surface area contributed by atoms with Crippen molar-refractivity contribution in [2.45, 2.75) is 19.3 Å². The van der Waals surface area contributed by atoms with Crippen LogP contribution >= 0.6 is 0 Å². The minimum Gasteiger partial charge on any atom is -0.482 e. The molecule has 3 amide bonds. The standard InChI is InChI=1S/C20H18FN3O4/c1-20(2)13-8-12(4-5-14(13)23-19(20)27)22-17(25)9-24-15-7-11(21)3-6-16(15)28-10-18(24)26/h3-8H,9-10H2,1-2H3,(H,22,25)(H,23,27). The van der Waals surface area contributed by atoms with Crippen molar-refractivity contribution in [1.29, 1.82) is 0 Å². The average molecular weight is 383 g/mol. The molecule has 28 heavy (non-hydrogen) atoms. The maximum absolute atomic E-state index is 13.6. The molecule has 0 aromatic heterocycles. The molecule has 8 heteroatoms. The van der Waals surface area contributed by atoms with E-state index in [0.717, 1.165) is 11.6 Å². The lowest BCUT2D eigenvalue weighted by atomic mass is 9.86. The highest BCUT2D eigenvalue weighted by Crippen LogP contribution is 2.38. The summed E-state index contributed by atoms with van der Waals surface area (Å²) in [6, 6.07) is 8.95. The fourth-order valence-electron chi connectivity index (χ4n) is 3.34. The number of ether oxygens (including phenoxy) is 1. The average Bonchev–Trinajstić information content (AvgIpc) is 2.87. The van der Waals surface area contributed by atoms with Crippen molar-refractivity contribution in [3.8, 4) is 5.75 Å². The number of anilines is 3. The highest BCUT2D eigenvalue weighted by Gasteiger charge is 2.38. The van der Waals surface area contributed by atoms with E-state index in [2.05, 4.69) is 10.6 Å². The number of hydrogen-bond acceptors (Lipinski definition) is 4. The van der Waals surface area contributed by atoms with E-state index < -0.39 is 23.0 Å². The number of amides is 3. The quantitative estimate of drug-likeness (QED) is 0.852. The van der Waals surface area contributed by atoms with Gasteiger partial charge in [-0.1, -0.05) is 0 Å². The largest absolute Gasteiger partial charge is 0.482 e. The molecular weight excluding hydrogens is 365 g/mol. The van der Waals surface area contributed by atoms with Crippen molar-refractivity contribution in [3.05, 3.63) is 47.8 Å². The zero-order valence-corrected chi connectivity index (χ0v) is 15.3. The van der Waals surface area contributed by atoms with Crippen molar-refractivity contribution in [3.63, 3.8) is 0 Å². The van der Waals surface area contributed by atoms with Gasteiger partial charge in [0.05, 0.1) is 11.1 Å². The van der Waals surface area contributed by atoms with Crippen LogP contribution < -0.4 is 20.3 Å². The van der Waals surface area contributed by atoms with Crippen LogP contribution in [0, 0.1) is 5.82 Å². The lowest BCUT2D eigenvalue weighted by molar-refractivity contribution is -0.123. The molecule has 0 saturated heterocycles. The molecule has 144 valence electrons. The minimum atomic E-state index is -0.702. The third-order valence-electron chi connectivity index (χ3n) is 4.96. The zero-order valence-electron chi connectivity index (χ0n) is 15.3. The van der Waals surface area contributed by atoms with Crippen LogP contribution in [0.5, 0.6) is 5.75 Å². The Morgan fingerprint density at radius 2 is 2.04 bits per heavy atom. The Hall–Kier alpha value is -3.42. The Morgan fingerprint density at radius 1 is 1.25 bits per heavy atom. The topological polar surface area (TPSA) is 87.7 Å². The molecule has 2 aliphatic rings. The van der Waals surface area contributed by atoms with E-state index >= 15 is 0 Å². The summed E-state index contributed by atoms with van der Waals surface area (Å²) in [5.41, 5.74) is 1.52. The van der Waals surface area contributed by atoms with Gasteiger partial charge in [0.1, 0.15) is 18.1 Å². The summed E-state index contributed by atoms with van der Waals surface area (Å²) in [6.45, 7) is 3.11. The van der Waals surface area contributed by atoms with Crippen LogP contribution in [-0.2, 0) is 19.8 Å². The fourth-order valence-corrected chi connectivity index (χ4v) is 3.34. The van der Waals surface area contributed by atoms with Crippen molar-refractivity contribution in [2.24, 2.45) is 0 Å². The van der Waals surface area contributed by atoms with Crippen LogP contribution in [0.2, 0.25) is 0 Å². The van der Waals surface area contributed by atoms with Gasteiger partial charge < -0.3 is 15.4 Å². The summed E-state index contributed by atoms with van der Waals surface area (Å²) in [7, 11) is 0. The van der Waals surface area contributed by atoms with E-state index in [4.69, 9.17) is 4.74 Å². The molecule has 0 atom stereocenters. The molecule has 7 nitrogen and oxygen atoms in total. The second kappa shape index (κ2) is 6.33. The molecule has 0 unspecified atom stereocenters. The normalized spacial score (nSPS) is 16.8. The van der Waals surface area contributed by atoms with Gasteiger partial charge in [-0.05, 0) is 49.7 Å². The number of carbonyl (C=O) groups excluding carboxylic acids is 3. The molecule has 0 fully saturated rings. The van der Waals surface area contributed by atoms with Gasteiger partial charge in [-0.3, -0.25) is 19.3 Å². The molecule has 0 radical (unpaired) electrons. The molecule has 0 saturated carbocycles. The fraction of sp³-hybridized carbons (Fsp3) is 0.250. The molecular formula is C20H18FN3O4. The van der Waals surface area contributed by atoms with Crippen LogP contribution in [0.15, 0.2) is 36.4 Å². The number of fused-ring (bicyclic) bond motifs is 2. The van der Waals surface area contributed by atoms with Gasteiger partial charge in [0.15, 0.2) is 6.61 Å². The molecule has 0 spiro atoms. The van der Waals surface area contributed by atoms with Crippen molar-refractivity contribution in [2.75, 3.05) is 28.7 Å². The van der Waals surface area contributed by atoms with Gasteiger partial charge in [0.2, 0.25) is 11.8 Å². The molecule has 2 aromatic carbocycles. The summed E-state index contributed by atoms with van der Waals surface area (Å²) < 4.78 is 18.9. The number of hydrogen-bond donors (Lipinski definition) is 2. The molecule has 2 aromatic rings. The SMILES string of the molecule is CC1(C)C(=O)Nc2ccc(NC(=O)CN3C(=O)COc4ccc(F)cc43)cc21. The summed E-state index contributed by atoms with van der Waals surface area (Å²) in [5, 5.41) is 5.53. The molecule has 2 heterocycles. The van der Waals surface area contributed by atoms with Gasteiger partial charge >= 0.3 is 0 Å². The molecule has 4 rings (SSSR count). The Balaban J connectivity index is 1.54. The first-order chi connectivity index (χ1) is 13.3. The second-order valence-corrected chi connectivity index (χ2v) is 7.27. The predicted octanol–water partition coefficient (Wildman–Crippen LogP) is 2.42. The number of carbonyl (C=O) groups is 3. The van der Waals surface area contributed by atoms with E-state index in [1.807, 2.05) is 0 Å². The van der Waals surface area contributed by atoms with Crippen molar-refractivity contribution in [1.82, 2.24) is 0 Å². The van der Waals surface area contributed by atoms with Crippen LogP contribution in [0.3, 0.4) is 0 Å². The lowest BCUT2D eigenvalue weighted by Crippen LogP contribution is -2.43. The van der Waals surface area contributed by atoms with Gasteiger partial charge in [-0.2, -0.15) is 0 Å². The second-order valence-electron chi connectivity index (χ2n) is 7.27. The van der Waals surface area contributed by atoms with Crippen molar-refractivity contribution >= 4 is 34.8 Å². The number of nitrogens with zero attached hydrogens (tertiary/aromatic N) is 1. The van der Waals surface area contributed by atoms with Crippen LogP contribution in [0.4, 0.5) is 21.5 Å². The highest BCUT2D eigenvalue weighted by atomic mass is 19.1. The van der Waals surface area contributed by atoms with E-state index in [9.17, 15) is 18.8 Å². The van der Waals surface area contributed by atoms with E-state index in [-0.39, 0.29) is 24.7 Å². The third-order valence-corrected chi connectivity index (χ3v) is 4.96. The maximum Gasteiger partial charge on any atom is 0.265 e.